The van der Waals surface area contributed by atoms with Crippen molar-refractivity contribution >= 4 is 34.7 Å². The van der Waals surface area contributed by atoms with Gasteiger partial charge in [-0.1, -0.05) is 25.1 Å². The molecule has 0 aliphatic carbocycles. The molecule has 2 rings (SSSR count). The largest absolute Gasteiger partial charge is 0.468 e. The number of amides is 2. The van der Waals surface area contributed by atoms with Gasteiger partial charge in [0.1, 0.15) is 6.04 Å². The summed E-state index contributed by atoms with van der Waals surface area (Å²) in [4.78, 5) is 52.7. The number of methoxy groups -OCH3 is 2. The summed E-state index contributed by atoms with van der Waals surface area (Å²) in [5.74, 6) is -5.76. The van der Waals surface area contributed by atoms with Crippen LogP contribution in [-0.2, 0) is 23.9 Å². The molecule has 0 spiro atoms. The van der Waals surface area contributed by atoms with Gasteiger partial charge in [-0.05, 0) is 12.1 Å². The molecule has 9 nitrogen and oxygen atoms in total. The van der Waals surface area contributed by atoms with Gasteiger partial charge in [-0.25, -0.2) is 0 Å². The second-order valence-electron chi connectivity index (χ2n) is 6.15. The standard InChI is InChI=1S/C19H21N3O6/c1-10(14(18(25)27-2)19(26)28-3)15(16(20)23)22-17(24)12-8-11-6-4-5-7-13(11)21-9-12/h4-10,14-15H,1-3H3,(H2,20,23)(H,22,24)/t10-,15+/m0/s1. The van der Waals surface area contributed by atoms with Gasteiger partial charge in [-0.15, -0.1) is 0 Å². The number of para-hydroxylation sites is 1. The van der Waals surface area contributed by atoms with E-state index in [-0.39, 0.29) is 5.56 Å². The van der Waals surface area contributed by atoms with Crippen molar-refractivity contribution < 1.29 is 28.7 Å². The molecule has 2 atom stereocenters. The van der Waals surface area contributed by atoms with E-state index in [0.717, 1.165) is 19.6 Å². The summed E-state index contributed by atoms with van der Waals surface area (Å²) < 4.78 is 9.22. The first-order chi connectivity index (χ1) is 13.3. The van der Waals surface area contributed by atoms with E-state index in [2.05, 4.69) is 19.8 Å². The number of rotatable bonds is 7. The average Bonchev–Trinajstić information content (AvgIpc) is 2.70. The second-order valence-corrected chi connectivity index (χ2v) is 6.15. The monoisotopic (exact) mass is 387 g/mol. The van der Waals surface area contributed by atoms with Crippen LogP contribution < -0.4 is 11.1 Å². The maximum atomic E-state index is 12.6. The Bertz CT molecular complexity index is 897. The van der Waals surface area contributed by atoms with Crippen LogP contribution in [-0.4, -0.2) is 49.0 Å². The zero-order chi connectivity index (χ0) is 20.8. The van der Waals surface area contributed by atoms with Crippen LogP contribution in [0.1, 0.15) is 17.3 Å². The highest BCUT2D eigenvalue weighted by molar-refractivity contribution is 6.01. The topological polar surface area (TPSA) is 138 Å². The van der Waals surface area contributed by atoms with Crippen molar-refractivity contribution in [2.75, 3.05) is 14.2 Å². The number of hydrogen-bond donors (Lipinski definition) is 2. The van der Waals surface area contributed by atoms with E-state index < -0.39 is 41.6 Å². The van der Waals surface area contributed by atoms with Crippen molar-refractivity contribution in [1.29, 1.82) is 0 Å². The van der Waals surface area contributed by atoms with Gasteiger partial charge in [-0.3, -0.25) is 24.2 Å². The number of nitrogens with two attached hydrogens (primary N) is 1. The van der Waals surface area contributed by atoms with Crippen molar-refractivity contribution in [1.82, 2.24) is 10.3 Å². The average molecular weight is 387 g/mol. The van der Waals surface area contributed by atoms with Crippen LogP contribution in [0.2, 0.25) is 0 Å². The van der Waals surface area contributed by atoms with E-state index in [9.17, 15) is 19.2 Å². The highest BCUT2D eigenvalue weighted by Gasteiger charge is 2.41. The maximum absolute atomic E-state index is 12.6. The smallest absolute Gasteiger partial charge is 0.320 e. The van der Waals surface area contributed by atoms with Crippen molar-refractivity contribution in [2.24, 2.45) is 17.6 Å². The molecular formula is C19H21N3O6. The molecule has 0 unspecified atom stereocenters. The van der Waals surface area contributed by atoms with Crippen LogP contribution in [0.25, 0.3) is 10.9 Å². The molecule has 28 heavy (non-hydrogen) atoms. The first-order valence-electron chi connectivity index (χ1n) is 8.40. The lowest BCUT2D eigenvalue weighted by Gasteiger charge is -2.26. The van der Waals surface area contributed by atoms with E-state index in [4.69, 9.17) is 5.73 Å². The molecule has 0 bridgehead atoms. The molecule has 9 heteroatoms. The Hall–Kier alpha value is -3.49. The van der Waals surface area contributed by atoms with E-state index in [1.54, 1.807) is 24.3 Å². The van der Waals surface area contributed by atoms with E-state index in [0.29, 0.717) is 5.52 Å². The second kappa shape index (κ2) is 8.94. The van der Waals surface area contributed by atoms with Crippen LogP contribution in [0, 0.1) is 11.8 Å². The Morgan fingerprint density at radius 1 is 1.07 bits per heavy atom. The normalized spacial score (nSPS) is 12.9. The van der Waals surface area contributed by atoms with E-state index >= 15 is 0 Å². The molecule has 2 aromatic rings. The van der Waals surface area contributed by atoms with E-state index in [1.165, 1.54) is 13.1 Å². The number of esters is 2. The lowest BCUT2D eigenvalue weighted by molar-refractivity contribution is -0.161. The van der Waals surface area contributed by atoms with Gasteiger partial charge in [0.2, 0.25) is 5.91 Å². The van der Waals surface area contributed by atoms with Gasteiger partial charge in [0.25, 0.3) is 5.91 Å². The zero-order valence-electron chi connectivity index (χ0n) is 15.7. The third-order valence-electron chi connectivity index (χ3n) is 4.41. The number of nitrogens with one attached hydrogen (secondary N) is 1. The first-order valence-corrected chi connectivity index (χ1v) is 8.40. The lowest BCUT2D eigenvalue weighted by atomic mass is 9.86. The van der Waals surface area contributed by atoms with E-state index in [1.807, 2.05) is 6.07 Å². The van der Waals surface area contributed by atoms with Gasteiger partial charge in [0.05, 0.1) is 25.3 Å². The Labute approximate surface area is 161 Å². The fourth-order valence-electron chi connectivity index (χ4n) is 2.85. The fraction of sp³-hybridized carbons (Fsp3) is 0.316. The van der Waals surface area contributed by atoms with Crippen LogP contribution in [0.3, 0.4) is 0 Å². The summed E-state index contributed by atoms with van der Waals surface area (Å²) in [6, 6.07) is 7.50. The molecular weight excluding hydrogens is 366 g/mol. The molecule has 2 amide bonds. The fourth-order valence-corrected chi connectivity index (χ4v) is 2.85. The number of primary amides is 1. The minimum Gasteiger partial charge on any atom is -0.468 e. The van der Waals surface area contributed by atoms with Crippen molar-refractivity contribution in [3.63, 3.8) is 0 Å². The van der Waals surface area contributed by atoms with Crippen LogP contribution in [0.15, 0.2) is 36.5 Å². The Kier molecular flexibility index (Phi) is 6.64. The number of pyridine rings is 1. The molecule has 0 saturated heterocycles. The molecule has 3 N–H and O–H groups in total. The third-order valence-corrected chi connectivity index (χ3v) is 4.41. The third kappa shape index (κ3) is 4.43. The molecule has 0 aliphatic heterocycles. The number of nitrogens with zero attached hydrogens (tertiary/aromatic N) is 1. The number of benzene rings is 1. The molecule has 0 radical (unpaired) electrons. The molecule has 1 aromatic carbocycles. The van der Waals surface area contributed by atoms with Crippen LogP contribution in [0.4, 0.5) is 0 Å². The molecule has 1 aromatic heterocycles. The van der Waals surface area contributed by atoms with Crippen molar-refractivity contribution in [3.05, 3.63) is 42.1 Å². The molecule has 148 valence electrons. The highest BCUT2D eigenvalue weighted by Crippen LogP contribution is 2.20. The molecule has 0 aliphatic rings. The summed E-state index contributed by atoms with van der Waals surface area (Å²) in [6.45, 7) is 1.42. The van der Waals surface area contributed by atoms with Crippen molar-refractivity contribution in [3.8, 4) is 0 Å². The molecule has 0 fully saturated rings. The van der Waals surface area contributed by atoms with Gasteiger partial charge in [0, 0.05) is 17.5 Å². The first kappa shape index (κ1) is 20.8. The lowest BCUT2D eigenvalue weighted by Crippen LogP contribution is -2.52. The van der Waals surface area contributed by atoms with Gasteiger partial charge in [-0.2, -0.15) is 0 Å². The summed E-state index contributed by atoms with van der Waals surface area (Å²) in [5, 5.41) is 3.20. The number of carbonyl (C=O) groups excluding carboxylic acids is 4. The summed E-state index contributed by atoms with van der Waals surface area (Å²) in [6.07, 6.45) is 1.36. The minimum absolute atomic E-state index is 0.199. The van der Waals surface area contributed by atoms with Crippen molar-refractivity contribution in [2.45, 2.75) is 13.0 Å². The van der Waals surface area contributed by atoms with Gasteiger partial charge < -0.3 is 20.5 Å². The van der Waals surface area contributed by atoms with Gasteiger partial charge >= 0.3 is 11.9 Å². The Morgan fingerprint density at radius 2 is 1.68 bits per heavy atom. The predicted octanol–water partition coefficient (Wildman–Crippen LogP) is 0.417. The quantitative estimate of drug-likeness (QED) is 0.518. The number of fused-ring (bicyclic) bond motifs is 1. The number of carbonyl (C=O) groups is 4. The molecule has 0 saturated carbocycles. The number of hydrogen-bond acceptors (Lipinski definition) is 7. The maximum Gasteiger partial charge on any atom is 0.320 e. The number of aromatic nitrogens is 1. The Balaban J connectivity index is 2.29. The minimum atomic E-state index is -1.43. The SMILES string of the molecule is COC(=O)C(C(=O)OC)[C@H](C)[C@@H](NC(=O)c1cnc2ccccc2c1)C(N)=O. The summed E-state index contributed by atoms with van der Waals surface area (Å²) >= 11 is 0. The van der Waals surface area contributed by atoms with Crippen LogP contribution in [0.5, 0.6) is 0 Å². The number of ether oxygens (including phenoxy) is 2. The highest BCUT2D eigenvalue weighted by atomic mass is 16.5. The van der Waals surface area contributed by atoms with Gasteiger partial charge in [0.15, 0.2) is 5.92 Å². The predicted molar refractivity (Wildman–Crippen MR) is 98.9 cm³/mol. The summed E-state index contributed by atoms with van der Waals surface area (Å²) in [7, 11) is 2.20. The zero-order valence-corrected chi connectivity index (χ0v) is 15.7. The Morgan fingerprint density at radius 3 is 2.25 bits per heavy atom. The van der Waals surface area contributed by atoms with Crippen LogP contribution >= 0.6 is 0 Å². The summed E-state index contributed by atoms with van der Waals surface area (Å²) in [5.41, 5.74) is 6.30. The molecule has 1 heterocycles.